The summed E-state index contributed by atoms with van der Waals surface area (Å²) in [5, 5.41) is 2.88. The zero-order chi connectivity index (χ0) is 17.7. The molecule has 24 heavy (non-hydrogen) atoms. The van der Waals surface area contributed by atoms with Crippen molar-refractivity contribution in [2.24, 2.45) is 5.92 Å². The summed E-state index contributed by atoms with van der Waals surface area (Å²) >= 11 is 5.93. The van der Waals surface area contributed by atoms with Crippen molar-refractivity contribution in [3.63, 3.8) is 0 Å². The van der Waals surface area contributed by atoms with Crippen LogP contribution in [0.3, 0.4) is 0 Å². The maximum absolute atomic E-state index is 13.0. The van der Waals surface area contributed by atoms with Crippen LogP contribution in [-0.2, 0) is 14.3 Å². The Morgan fingerprint density at radius 2 is 2.08 bits per heavy atom. The Balaban J connectivity index is 1.89. The zero-order valence-corrected chi connectivity index (χ0v) is 14.6. The van der Waals surface area contributed by atoms with Crippen LogP contribution in [0.4, 0.5) is 10.1 Å². The molecule has 1 saturated heterocycles. The summed E-state index contributed by atoms with van der Waals surface area (Å²) in [5.74, 6) is -0.916. The van der Waals surface area contributed by atoms with Gasteiger partial charge in [-0.1, -0.05) is 11.6 Å². The molecule has 0 saturated carbocycles. The van der Waals surface area contributed by atoms with E-state index in [9.17, 15) is 14.0 Å². The Hall–Kier alpha value is -1.66. The number of nitrogens with one attached hydrogen (secondary N) is 1. The monoisotopic (exact) mass is 356 g/mol. The number of hydrogen-bond acceptors (Lipinski definition) is 4. The normalized spacial score (nSPS) is 17.3. The second-order valence-electron chi connectivity index (χ2n) is 5.85. The number of esters is 1. The molecule has 0 aliphatic carbocycles. The van der Waals surface area contributed by atoms with E-state index in [0.717, 1.165) is 6.07 Å². The highest BCUT2D eigenvalue weighted by atomic mass is 35.5. The fourth-order valence-electron chi connectivity index (χ4n) is 2.78. The first-order chi connectivity index (χ1) is 11.4. The minimum absolute atomic E-state index is 0.0944. The summed E-state index contributed by atoms with van der Waals surface area (Å²) in [7, 11) is 0. The van der Waals surface area contributed by atoms with Crippen molar-refractivity contribution >= 4 is 29.2 Å². The molecule has 1 fully saturated rings. The van der Waals surface area contributed by atoms with Gasteiger partial charge in [-0.2, -0.15) is 0 Å². The van der Waals surface area contributed by atoms with Crippen LogP contribution in [0, 0.1) is 11.7 Å². The second kappa shape index (κ2) is 8.44. The van der Waals surface area contributed by atoms with E-state index in [4.69, 9.17) is 16.3 Å². The van der Waals surface area contributed by atoms with Crippen LogP contribution in [0.25, 0.3) is 0 Å². The van der Waals surface area contributed by atoms with E-state index in [-0.39, 0.29) is 28.9 Å². The number of carbonyl (C=O) groups excluding carboxylic acids is 2. The third-order valence-corrected chi connectivity index (χ3v) is 4.58. The molecular formula is C17H22ClFN2O3. The molecule has 1 amide bonds. The van der Waals surface area contributed by atoms with Gasteiger partial charge in [0.25, 0.3) is 0 Å². The average Bonchev–Trinajstić information content (AvgIpc) is 2.57. The van der Waals surface area contributed by atoms with E-state index in [1.807, 2.05) is 4.90 Å². The first-order valence-electron chi connectivity index (χ1n) is 8.09. The standard InChI is InChI=1S/C17H22ClFN2O3/c1-3-24-17(23)12-6-8-21(9-7-12)11(2)16(22)20-15-5-4-13(19)10-14(15)18/h4-5,10-12H,3,6-9H2,1-2H3,(H,20,22)/t11-/m1/s1. The van der Waals surface area contributed by atoms with Crippen LogP contribution in [0.15, 0.2) is 18.2 Å². The van der Waals surface area contributed by atoms with Gasteiger partial charge in [0.1, 0.15) is 5.82 Å². The van der Waals surface area contributed by atoms with E-state index in [2.05, 4.69) is 5.32 Å². The molecule has 1 N–H and O–H groups in total. The van der Waals surface area contributed by atoms with E-state index < -0.39 is 5.82 Å². The molecule has 0 bridgehead atoms. The van der Waals surface area contributed by atoms with Gasteiger partial charge >= 0.3 is 5.97 Å². The molecule has 0 unspecified atom stereocenters. The Morgan fingerprint density at radius 3 is 2.67 bits per heavy atom. The molecule has 2 rings (SSSR count). The molecule has 0 radical (unpaired) electrons. The highest BCUT2D eigenvalue weighted by Gasteiger charge is 2.30. The number of piperidine rings is 1. The summed E-state index contributed by atoms with van der Waals surface area (Å²) in [6, 6.07) is 3.48. The van der Waals surface area contributed by atoms with Crippen LogP contribution in [0.1, 0.15) is 26.7 Å². The van der Waals surface area contributed by atoms with Crippen molar-refractivity contribution in [1.29, 1.82) is 0 Å². The molecular weight excluding hydrogens is 335 g/mol. The minimum Gasteiger partial charge on any atom is -0.466 e. The van der Waals surface area contributed by atoms with Crippen LogP contribution in [0.5, 0.6) is 0 Å². The van der Waals surface area contributed by atoms with E-state index in [1.165, 1.54) is 12.1 Å². The lowest BCUT2D eigenvalue weighted by molar-refractivity contribution is -0.149. The number of ether oxygens (including phenoxy) is 1. The van der Waals surface area contributed by atoms with Gasteiger partial charge in [0, 0.05) is 0 Å². The topological polar surface area (TPSA) is 58.6 Å². The number of carbonyl (C=O) groups is 2. The van der Waals surface area contributed by atoms with Crippen molar-refractivity contribution < 1.29 is 18.7 Å². The fraction of sp³-hybridized carbons (Fsp3) is 0.529. The van der Waals surface area contributed by atoms with Gasteiger partial charge in [-0.15, -0.1) is 0 Å². The third kappa shape index (κ3) is 4.68. The number of anilines is 1. The average molecular weight is 357 g/mol. The Morgan fingerprint density at radius 1 is 1.42 bits per heavy atom. The summed E-state index contributed by atoms with van der Waals surface area (Å²) in [5.41, 5.74) is 0.385. The lowest BCUT2D eigenvalue weighted by Crippen LogP contribution is -2.47. The number of rotatable bonds is 5. The largest absolute Gasteiger partial charge is 0.466 e. The van der Waals surface area contributed by atoms with Crippen molar-refractivity contribution in [3.05, 3.63) is 29.0 Å². The van der Waals surface area contributed by atoms with Gasteiger partial charge < -0.3 is 10.1 Å². The molecule has 132 valence electrons. The van der Waals surface area contributed by atoms with Gasteiger partial charge in [-0.3, -0.25) is 14.5 Å². The maximum Gasteiger partial charge on any atom is 0.309 e. The highest BCUT2D eigenvalue weighted by Crippen LogP contribution is 2.24. The second-order valence-corrected chi connectivity index (χ2v) is 6.26. The molecule has 7 heteroatoms. The SMILES string of the molecule is CCOC(=O)C1CCN([C@H](C)C(=O)Nc2ccc(F)cc2Cl)CC1. The summed E-state index contributed by atoms with van der Waals surface area (Å²) < 4.78 is 18.1. The number of halogens is 2. The van der Waals surface area contributed by atoms with E-state index in [0.29, 0.717) is 38.2 Å². The molecule has 5 nitrogen and oxygen atoms in total. The zero-order valence-electron chi connectivity index (χ0n) is 13.9. The number of nitrogens with zero attached hydrogens (tertiary/aromatic N) is 1. The molecule has 1 aromatic carbocycles. The van der Waals surface area contributed by atoms with Gasteiger partial charge in [0.15, 0.2) is 0 Å². The third-order valence-electron chi connectivity index (χ3n) is 4.27. The van der Waals surface area contributed by atoms with Crippen LogP contribution in [-0.4, -0.2) is 42.5 Å². The smallest absolute Gasteiger partial charge is 0.309 e. The van der Waals surface area contributed by atoms with Crippen LogP contribution in [0.2, 0.25) is 5.02 Å². The molecule has 1 aliphatic heterocycles. The Bertz CT molecular complexity index is 603. The lowest BCUT2D eigenvalue weighted by Gasteiger charge is -2.34. The van der Waals surface area contributed by atoms with Gasteiger partial charge in [0.2, 0.25) is 5.91 Å². The van der Waals surface area contributed by atoms with Gasteiger partial charge in [0.05, 0.1) is 29.3 Å². The quantitative estimate of drug-likeness (QED) is 0.824. The van der Waals surface area contributed by atoms with E-state index >= 15 is 0 Å². The van der Waals surface area contributed by atoms with E-state index in [1.54, 1.807) is 13.8 Å². The van der Waals surface area contributed by atoms with Gasteiger partial charge in [-0.05, 0) is 58.0 Å². The fourth-order valence-corrected chi connectivity index (χ4v) is 2.99. The highest BCUT2D eigenvalue weighted by molar-refractivity contribution is 6.33. The summed E-state index contributed by atoms with van der Waals surface area (Å²) in [4.78, 5) is 26.1. The van der Waals surface area contributed by atoms with Crippen molar-refractivity contribution in [2.45, 2.75) is 32.7 Å². The molecule has 0 aromatic heterocycles. The van der Waals surface area contributed by atoms with Crippen LogP contribution < -0.4 is 5.32 Å². The first kappa shape index (κ1) is 18.7. The Kier molecular flexibility index (Phi) is 6.57. The molecule has 1 aliphatic rings. The number of hydrogen-bond donors (Lipinski definition) is 1. The van der Waals surface area contributed by atoms with Crippen molar-refractivity contribution in [2.75, 3.05) is 25.0 Å². The summed E-state index contributed by atoms with van der Waals surface area (Å²) in [6.45, 7) is 5.28. The van der Waals surface area contributed by atoms with Crippen LogP contribution >= 0.6 is 11.6 Å². The van der Waals surface area contributed by atoms with Crippen molar-refractivity contribution in [3.8, 4) is 0 Å². The molecule has 1 atom stereocenters. The summed E-state index contributed by atoms with van der Waals surface area (Å²) in [6.07, 6.45) is 1.35. The lowest BCUT2D eigenvalue weighted by atomic mass is 9.96. The number of amides is 1. The minimum atomic E-state index is -0.452. The van der Waals surface area contributed by atoms with Crippen molar-refractivity contribution in [1.82, 2.24) is 4.90 Å². The number of likely N-dealkylation sites (tertiary alicyclic amines) is 1. The predicted octanol–water partition coefficient (Wildman–Crippen LogP) is 3.08. The number of benzene rings is 1. The first-order valence-corrected chi connectivity index (χ1v) is 8.46. The molecule has 1 heterocycles. The Labute approximate surface area is 146 Å². The molecule has 1 aromatic rings. The molecule has 0 spiro atoms. The maximum atomic E-state index is 13.0. The predicted molar refractivity (Wildman–Crippen MR) is 90.4 cm³/mol. The van der Waals surface area contributed by atoms with Gasteiger partial charge in [-0.25, -0.2) is 4.39 Å².